The quantitative estimate of drug-likeness (QED) is 0.0389. The lowest BCUT2D eigenvalue weighted by Gasteiger charge is -2.59. The SMILES string of the molecule is COCCOCCOCCOCCOCCOCCOCC(=O)Oc1cc(C(C)(C)C(=O)OCCCCO[N+](=O)[O-])cc(O)c1[C@@H]1CC(=O)[C@@H]2C[C@@H]1C2(C)C. The number of phenols is 1. The Balaban J connectivity index is 1.45. The van der Waals surface area contributed by atoms with E-state index >= 15 is 0 Å². The second kappa shape index (κ2) is 23.6. The second-order valence-corrected chi connectivity index (χ2v) is 14.5. The van der Waals surface area contributed by atoms with Crippen molar-refractivity contribution in [3.8, 4) is 11.5 Å². The molecule has 4 rings (SSSR count). The molecule has 0 aromatic heterocycles. The van der Waals surface area contributed by atoms with Gasteiger partial charge >= 0.3 is 11.9 Å². The van der Waals surface area contributed by atoms with Gasteiger partial charge < -0.3 is 52.6 Å². The Bertz CT molecular complexity index is 1370. The lowest BCUT2D eigenvalue weighted by atomic mass is 9.44. The van der Waals surface area contributed by atoms with Gasteiger partial charge in [0.15, 0.2) is 0 Å². The van der Waals surface area contributed by atoms with Crippen molar-refractivity contribution in [2.75, 3.05) is 106 Å². The van der Waals surface area contributed by atoms with Gasteiger partial charge in [-0.15, -0.1) is 10.1 Å². The minimum atomic E-state index is -1.28. The number of carbonyl (C=O) groups excluding carboxylic acids is 3. The fourth-order valence-electron chi connectivity index (χ4n) is 6.78. The van der Waals surface area contributed by atoms with Crippen molar-refractivity contribution in [3.05, 3.63) is 33.4 Å². The Morgan fingerprint density at radius 2 is 1.36 bits per heavy atom. The highest BCUT2D eigenvalue weighted by Gasteiger charge is 2.59. The van der Waals surface area contributed by atoms with Crippen LogP contribution in [0, 0.1) is 27.4 Å². The molecule has 0 amide bonds. The van der Waals surface area contributed by atoms with Gasteiger partial charge in [0.2, 0.25) is 0 Å². The number of aromatic hydroxyl groups is 1. The van der Waals surface area contributed by atoms with Crippen molar-refractivity contribution < 1.29 is 72.0 Å². The monoisotopic (exact) mass is 785 g/mol. The van der Waals surface area contributed by atoms with E-state index < -0.39 is 29.0 Å². The molecular formula is C38H59NO16. The molecule has 3 aliphatic carbocycles. The summed E-state index contributed by atoms with van der Waals surface area (Å²) in [5, 5.41) is 20.9. The number of rotatable bonds is 30. The van der Waals surface area contributed by atoms with Gasteiger partial charge in [-0.05, 0) is 62.1 Å². The van der Waals surface area contributed by atoms with Gasteiger partial charge in [-0.25, -0.2) is 4.79 Å². The van der Waals surface area contributed by atoms with Crippen LogP contribution >= 0.6 is 0 Å². The molecule has 1 N–H and O–H groups in total. The normalized spacial score (nSPS) is 18.8. The maximum Gasteiger partial charge on any atom is 0.337 e. The lowest BCUT2D eigenvalue weighted by Crippen LogP contribution is -2.56. The third-order valence-electron chi connectivity index (χ3n) is 10.1. The molecule has 1 aromatic carbocycles. The van der Waals surface area contributed by atoms with Gasteiger partial charge in [-0.1, -0.05) is 13.8 Å². The molecule has 3 aliphatic rings. The molecule has 3 saturated carbocycles. The molecule has 0 spiro atoms. The second-order valence-electron chi connectivity index (χ2n) is 14.5. The minimum Gasteiger partial charge on any atom is -0.508 e. The van der Waals surface area contributed by atoms with E-state index in [2.05, 4.69) is 4.84 Å². The van der Waals surface area contributed by atoms with Gasteiger partial charge in [0.1, 0.15) is 23.9 Å². The molecule has 0 heterocycles. The summed E-state index contributed by atoms with van der Waals surface area (Å²) in [6.07, 6.45) is 1.54. The Kier molecular flexibility index (Phi) is 19.7. The first-order valence-electron chi connectivity index (χ1n) is 18.8. The first-order chi connectivity index (χ1) is 26.3. The number of hydrogen-bond acceptors (Lipinski definition) is 16. The molecule has 17 heteroatoms. The van der Waals surface area contributed by atoms with E-state index in [0.29, 0.717) is 96.5 Å². The number of unbranched alkanes of at least 4 members (excludes halogenated alkanes) is 1. The standard InChI is InChI=1S/C38H59NO16/c1-37(2,36(43)53-8-6-7-9-54-39(44)45)27-22-32(41)35(28-24-31(40)30-25-29(28)38(30,3)4)33(23-27)55-34(42)26-52-21-20-51-19-18-50-17-16-49-15-14-48-13-12-47-11-10-46-5/h22-23,28-30,41H,6-21,24-26H2,1-5H3/t28-,29+,30+/m1/s1. The Morgan fingerprint density at radius 3 is 1.87 bits per heavy atom. The molecule has 0 radical (unpaired) electrons. The minimum absolute atomic E-state index is 0.00461. The van der Waals surface area contributed by atoms with Crippen LogP contribution in [0.4, 0.5) is 0 Å². The first kappa shape index (κ1) is 45.9. The predicted molar refractivity (Wildman–Crippen MR) is 194 cm³/mol. The van der Waals surface area contributed by atoms with Crippen molar-refractivity contribution in [2.45, 2.75) is 64.7 Å². The number of ketones is 1. The van der Waals surface area contributed by atoms with Gasteiger partial charge in [0.25, 0.3) is 5.09 Å². The van der Waals surface area contributed by atoms with Crippen LogP contribution in [-0.4, -0.2) is 134 Å². The highest BCUT2D eigenvalue weighted by molar-refractivity contribution is 5.87. The molecule has 0 aliphatic heterocycles. The van der Waals surface area contributed by atoms with Crippen LogP contribution in [0.1, 0.15) is 70.4 Å². The topological polar surface area (TPSA) is 207 Å². The van der Waals surface area contributed by atoms with Crippen LogP contribution in [0.2, 0.25) is 0 Å². The smallest absolute Gasteiger partial charge is 0.337 e. The highest BCUT2D eigenvalue weighted by atomic mass is 16.9. The summed E-state index contributed by atoms with van der Waals surface area (Å²) in [6.45, 7) is 11.6. The summed E-state index contributed by atoms with van der Waals surface area (Å²) in [6, 6.07) is 2.98. The van der Waals surface area contributed by atoms with E-state index in [-0.39, 0.29) is 73.3 Å². The fraction of sp³-hybridized carbons (Fsp3) is 0.763. The first-order valence-corrected chi connectivity index (χ1v) is 18.8. The van der Waals surface area contributed by atoms with Crippen molar-refractivity contribution >= 4 is 17.7 Å². The van der Waals surface area contributed by atoms with Crippen LogP contribution in [0.5, 0.6) is 11.5 Å². The largest absolute Gasteiger partial charge is 0.508 e. The average molecular weight is 786 g/mol. The summed E-state index contributed by atoms with van der Waals surface area (Å²) in [5.74, 6) is -1.73. The van der Waals surface area contributed by atoms with Gasteiger partial charge in [-0.2, -0.15) is 0 Å². The number of nitrogens with zero attached hydrogens (tertiary/aromatic N) is 1. The summed E-state index contributed by atoms with van der Waals surface area (Å²) in [4.78, 5) is 53.9. The zero-order valence-electron chi connectivity index (χ0n) is 32.8. The molecule has 2 bridgehead atoms. The Morgan fingerprint density at radius 1 is 0.836 bits per heavy atom. The zero-order chi connectivity index (χ0) is 40.3. The van der Waals surface area contributed by atoms with Crippen molar-refractivity contribution in [3.63, 3.8) is 0 Å². The third kappa shape index (κ3) is 14.5. The molecule has 1 aromatic rings. The number of carbonyl (C=O) groups is 3. The summed E-state index contributed by atoms with van der Waals surface area (Å²) in [7, 11) is 1.62. The number of Topliss-reactive ketones (excluding diaryl/α,β-unsaturated/α-hetero) is 1. The van der Waals surface area contributed by atoms with E-state index in [1.807, 2.05) is 13.8 Å². The zero-order valence-corrected chi connectivity index (χ0v) is 32.8. The number of ether oxygens (including phenoxy) is 9. The highest BCUT2D eigenvalue weighted by Crippen LogP contribution is 2.64. The maximum atomic E-state index is 13.2. The number of benzene rings is 1. The van der Waals surface area contributed by atoms with Gasteiger partial charge in [0.05, 0.1) is 97.9 Å². The van der Waals surface area contributed by atoms with Gasteiger partial charge in [-0.3, -0.25) is 9.59 Å². The van der Waals surface area contributed by atoms with E-state index in [9.17, 15) is 29.6 Å². The van der Waals surface area contributed by atoms with Crippen LogP contribution < -0.4 is 4.74 Å². The molecule has 3 fully saturated rings. The number of esters is 2. The molecule has 312 valence electrons. The van der Waals surface area contributed by atoms with Crippen LogP contribution in [-0.2, 0) is 62.5 Å². The van der Waals surface area contributed by atoms with Crippen LogP contribution in [0.15, 0.2) is 12.1 Å². The number of methoxy groups -OCH3 is 1. The number of phenolic OH excluding ortho intramolecular Hbond substituents is 1. The molecular weight excluding hydrogens is 726 g/mol. The van der Waals surface area contributed by atoms with Crippen LogP contribution in [0.3, 0.4) is 0 Å². The molecule has 0 saturated heterocycles. The number of fused-ring (bicyclic) bond motifs is 2. The average Bonchev–Trinajstić information content (AvgIpc) is 3.13. The van der Waals surface area contributed by atoms with Crippen molar-refractivity contribution in [2.24, 2.45) is 17.3 Å². The maximum absolute atomic E-state index is 13.2. The molecule has 17 nitrogen and oxygen atoms in total. The van der Waals surface area contributed by atoms with Crippen LogP contribution in [0.25, 0.3) is 0 Å². The molecule has 3 atom stereocenters. The number of hydrogen-bond donors (Lipinski definition) is 1. The predicted octanol–water partition coefficient (Wildman–Crippen LogP) is 3.57. The Labute approximate surface area is 322 Å². The lowest BCUT2D eigenvalue weighted by molar-refractivity contribution is -0.757. The van der Waals surface area contributed by atoms with E-state index in [0.717, 1.165) is 0 Å². The summed E-state index contributed by atoms with van der Waals surface area (Å²) < 4.78 is 48.8. The fourth-order valence-corrected chi connectivity index (χ4v) is 6.78. The third-order valence-corrected chi connectivity index (χ3v) is 10.1. The molecule has 55 heavy (non-hydrogen) atoms. The Hall–Kier alpha value is -3.45. The van der Waals surface area contributed by atoms with Crippen molar-refractivity contribution in [1.29, 1.82) is 0 Å². The summed E-state index contributed by atoms with van der Waals surface area (Å²) >= 11 is 0. The van der Waals surface area contributed by atoms with Crippen molar-refractivity contribution in [1.82, 2.24) is 0 Å². The van der Waals surface area contributed by atoms with E-state index in [4.69, 9.17) is 42.6 Å². The van der Waals surface area contributed by atoms with E-state index in [1.165, 1.54) is 12.1 Å². The van der Waals surface area contributed by atoms with E-state index in [1.54, 1.807) is 21.0 Å². The summed E-state index contributed by atoms with van der Waals surface area (Å²) in [5.41, 5.74) is -0.882. The van der Waals surface area contributed by atoms with Gasteiger partial charge in [0, 0.05) is 30.9 Å². The molecule has 0 unspecified atom stereocenters.